The second kappa shape index (κ2) is 8.59. The first-order valence-corrected chi connectivity index (χ1v) is 10.3. The molecule has 4 aromatic rings. The van der Waals surface area contributed by atoms with Gasteiger partial charge in [0.1, 0.15) is 28.0 Å². The van der Waals surface area contributed by atoms with Gasteiger partial charge in [0, 0.05) is 17.4 Å². The molecule has 0 fully saturated rings. The Bertz CT molecular complexity index is 1170. The van der Waals surface area contributed by atoms with Crippen LogP contribution in [-0.2, 0) is 9.53 Å². The maximum absolute atomic E-state index is 12.0. The van der Waals surface area contributed by atoms with E-state index in [1.807, 2.05) is 54.0 Å². The van der Waals surface area contributed by atoms with Gasteiger partial charge in [-0.05, 0) is 36.8 Å². The molecule has 152 valence electrons. The van der Waals surface area contributed by atoms with Gasteiger partial charge in [-0.25, -0.2) is 9.97 Å². The third kappa shape index (κ3) is 3.76. The predicted octanol–water partition coefficient (Wildman–Crippen LogP) is 4.75. The zero-order chi connectivity index (χ0) is 21.1. The number of carbonyl (C=O) groups excluding carboxylic acids is 1. The van der Waals surface area contributed by atoms with Crippen molar-refractivity contribution < 1.29 is 14.3 Å². The van der Waals surface area contributed by atoms with Crippen LogP contribution in [0.15, 0.2) is 72.1 Å². The Labute approximate surface area is 178 Å². The summed E-state index contributed by atoms with van der Waals surface area (Å²) in [5, 5.41) is 1.25. The second-order valence-corrected chi connectivity index (χ2v) is 7.97. The molecule has 0 N–H and O–H groups in total. The maximum Gasteiger partial charge on any atom is 0.318 e. The Morgan fingerprint density at radius 1 is 1.03 bits per heavy atom. The van der Waals surface area contributed by atoms with E-state index in [-0.39, 0.29) is 11.2 Å². The molecule has 0 spiro atoms. The van der Waals surface area contributed by atoms with Gasteiger partial charge in [0.15, 0.2) is 0 Å². The van der Waals surface area contributed by atoms with E-state index in [4.69, 9.17) is 9.47 Å². The summed E-state index contributed by atoms with van der Waals surface area (Å²) in [5.41, 5.74) is 3.78. The van der Waals surface area contributed by atoms with E-state index in [9.17, 15) is 4.79 Å². The van der Waals surface area contributed by atoms with Crippen molar-refractivity contribution >= 4 is 28.8 Å². The molecular weight excluding hydrogens is 398 g/mol. The summed E-state index contributed by atoms with van der Waals surface area (Å²) in [4.78, 5) is 21.1. The lowest BCUT2D eigenvalue weighted by molar-refractivity contribution is -0.139. The average molecular weight is 420 g/mol. The van der Waals surface area contributed by atoms with E-state index in [1.165, 1.54) is 25.2 Å². The number of methoxy groups -OCH3 is 2. The van der Waals surface area contributed by atoms with Crippen molar-refractivity contribution in [1.29, 1.82) is 0 Å². The number of esters is 1. The standard InChI is InChI=1S/C23H21N3O3S/c1-15(23(27)29-3)30-22-20-19(16-7-5-4-6-8-16)13-26(21(20)24-14-25-22)17-9-11-18(28-2)12-10-17/h4-15H,1-3H3/t15-/m1/s1. The lowest BCUT2D eigenvalue weighted by atomic mass is 10.1. The fourth-order valence-corrected chi connectivity index (χ4v) is 4.24. The summed E-state index contributed by atoms with van der Waals surface area (Å²) in [6, 6.07) is 17.9. The number of nitrogens with zero attached hydrogens (tertiary/aromatic N) is 3. The van der Waals surface area contributed by atoms with Crippen molar-refractivity contribution in [1.82, 2.24) is 14.5 Å². The van der Waals surface area contributed by atoms with Gasteiger partial charge in [-0.1, -0.05) is 42.1 Å². The van der Waals surface area contributed by atoms with E-state index < -0.39 is 0 Å². The average Bonchev–Trinajstić information content (AvgIpc) is 3.20. The minimum absolute atomic E-state index is 0.289. The minimum Gasteiger partial charge on any atom is -0.497 e. The van der Waals surface area contributed by atoms with Gasteiger partial charge < -0.3 is 14.0 Å². The summed E-state index contributed by atoms with van der Waals surface area (Å²) in [6.45, 7) is 1.81. The summed E-state index contributed by atoms with van der Waals surface area (Å²) in [5.74, 6) is 0.499. The molecule has 30 heavy (non-hydrogen) atoms. The number of hydrogen-bond donors (Lipinski definition) is 0. The molecule has 0 aliphatic carbocycles. The lowest BCUT2D eigenvalue weighted by Crippen LogP contribution is -2.14. The quantitative estimate of drug-likeness (QED) is 0.255. The largest absolute Gasteiger partial charge is 0.497 e. The first-order valence-electron chi connectivity index (χ1n) is 9.42. The summed E-state index contributed by atoms with van der Waals surface area (Å²) < 4.78 is 12.2. The number of fused-ring (bicyclic) bond motifs is 1. The van der Waals surface area contributed by atoms with E-state index in [1.54, 1.807) is 7.11 Å². The molecule has 2 aromatic carbocycles. The van der Waals surface area contributed by atoms with Crippen molar-refractivity contribution in [2.45, 2.75) is 17.2 Å². The normalized spacial score (nSPS) is 12.0. The minimum atomic E-state index is -0.388. The molecular formula is C23H21N3O3S. The van der Waals surface area contributed by atoms with Crippen LogP contribution < -0.4 is 4.74 Å². The Morgan fingerprint density at radius 2 is 1.77 bits per heavy atom. The number of aromatic nitrogens is 3. The molecule has 2 aromatic heterocycles. The van der Waals surface area contributed by atoms with Crippen LogP contribution in [0.4, 0.5) is 0 Å². The summed E-state index contributed by atoms with van der Waals surface area (Å²) in [6.07, 6.45) is 3.59. The van der Waals surface area contributed by atoms with Gasteiger partial charge in [-0.2, -0.15) is 0 Å². The van der Waals surface area contributed by atoms with Crippen molar-refractivity contribution in [3.8, 4) is 22.6 Å². The third-order valence-corrected chi connectivity index (χ3v) is 5.88. The number of hydrogen-bond acceptors (Lipinski definition) is 6. The highest BCUT2D eigenvalue weighted by Gasteiger charge is 2.22. The van der Waals surface area contributed by atoms with E-state index in [0.717, 1.165) is 38.6 Å². The maximum atomic E-state index is 12.0. The van der Waals surface area contributed by atoms with Gasteiger partial charge in [0.25, 0.3) is 0 Å². The second-order valence-electron chi connectivity index (χ2n) is 6.64. The van der Waals surface area contributed by atoms with Crippen LogP contribution in [0.5, 0.6) is 5.75 Å². The number of thioether (sulfide) groups is 1. The highest BCUT2D eigenvalue weighted by Crippen LogP contribution is 2.38. The van der Waals surface area contributed by atoms with Crippen molar-refractivity contribution in [2.75, 3.05) is 14.2 Å². The molecule has 4 rings (SSSR count). The monoisotopic (exact) mass is 419 g/mol. The number of carbonyl (C=O) groups is 1. The molecule has 0 amide bonds. The van der Waals surface area contributed by atoms with Crippen LogP contribution >= 0.6 is 11.8 Å². The first-order chi connectivity index (χ1) is 14.6. The molecule has 6 nitrogen and oxygen atoms in total. The van der Waals surface area contributed by atoms with Crippen LogP contribution in [-0.4, -0.2) is 40.0 Å². The lowest BCUT2D eigenvalue weighted by Gasteiger charge is -2.10. The van der Waals surface area contributed by atoms with Gasteiger partial charge >= 0.3 is 5.97 Å². The van der Waals surface area contributed by atoms with Crippen molar-refractivity contribution in [3.63, 3.8) is 0 Å². The zero-order valence-electron chi connectivity index (χ0n) is 16.9. The molecule has 0 aliphatic rings. The van der Waals surface area contributed by atoms with Gasteiger partial charge in [0.2, 0.25) is 0 Å². The SMILES string of the molecule is COC(=O)[C@@H](C)Sc1ncnc2c1c(-c1ccccc1)cn2-c1ccc(OC)cc1. The van der Waals surface area contributed by atoms with Crippen LogP contribution in [0, 0.1) is 0 Å². The molecule has 7 heteroatoms. The first kappa shape index (κ1) is 20.0. The number of ether oxygens (including phenoxy) is 2. The van der Waals surface area contributed by atoms with Crippen LogP contribution in [0.25, 0.3) is 27.8 Å². The van der Waals surface area contributed by atoms with E-state index in [2.05, 4.69) is 28.3 Å². The number of benzene rings is 2. The van der Waals surface area contributed by atoms with Crippen LogP contribution in [0.2, 0.25) is 0 Å². The van der Waals surface area contributed by atoms with E-state index in [0.29, 0.717) is 0 Å². The molecule has 0 bridgehead atoms. The molecule has 0 unspecified atom stereocenters. The molecule has 0 aliphatic heterocycles. The summed E-state index contributed by atoms with van der Waals surface area (Å²) >= 11 is 1.37. The van der Waals surface area contributed by atoms with E-state index >= 15 is 0 Å². The smallest absolute Gasteiger partial charge is 0.318 e. The zero-order valence-corrected chi connectivity index (χ0v) is 17.7. The van der Waals surface area contributed by atoms with Crippen LogP contribution in [0.3, 0.4) is 0 Å². The molecule has 0 radical (unpaired) electrons. The highest BCUT2D eigenvalue weighted by molar-refractivity contribution is 8.00. The molecule has 1 atom stereocenters. The van der Waals surface area contributed by atoms with Crippen LogP contribution in [0.1, 0.15) is 6.92 Å². The Hall–Kier alpha value is -3.32. The fourth-order valence-electron chi connectivity index (χ4n) is 3.28. The molecule has 0 saturated carbocycles. The fraction of sp³-hybridized carbons (Fsp3) is 0.174. The topological polar surface area (TPSA) is 66.2 Å². The predicted molar refractivity (Wildman–Crippen MR) is 118 cm³/mol. The van der Waals surface area contributed by atoms with Gasteiger partial charge in [-0.3, -0.25) is 4.79 Å². The Kier molecular flexibility index (Phi) is 5.72. The van der Waals surface area contributed by atoms with Crippen molar-refractivity contribution in [3.05, 3.63) is 67.1 Å². The highest BCUT2D eigenvalue weighted by atomic mass is 32.2. The third-order valence-electron chi connectivity index (χ3n) is 4.81. The summed E-state index contributed by atoms with van der Waals surface area (Å²) in [7, 11) is 3.04. The van der Waals surface area contributed by atoms with Crippen molar-refractivity contribution in [2.24, 2.45) is 0 Å². The molecule has 0 saturated heterocycles. The van der Waals surface area contributed by atoms with Gasteiger partial charge in [-0.15, -0.1) is 0 Å². The molecule has 2 heterocycles. The number of rotatable bonds is 6. The Balaban J connectivity index is 1.92. The van der Waals surface area contributed by atoms with Gasteiger partial charge in [0.05, 0.1) is 19.6 Å². The Morgan fingerprint density at radius 3 is 2.43 bits per heavy atom.